The Morgan fingerprint density at radius 3 is 2.83 bits per heavy atom. The first-order valence-electron chi connectivity index (χ1n) is 3.14. The number of aldehydes is 1. The molecule has 0 radical (unpaired) electrons. The SMILES string of the molecule is O=CC#Cc1ccc(F)cc1Br. The van der Waals surface area contributed by atoms with E-state index < -0.39 is 0 Å². The van der Waals surface area contributed by atoms with Gasteiger partial charge in [0.15, 0.2) is 6.29 Å². The number of hydrogen-bond donors (Lipinski definition) is 0. The van der Waals surface area contributed by atoms with Crippen LogP contribution in [0.5, 0.6) is 0 Å². The van der Waals surface area contributed by atoms with Crippen LogP contribution in [-0.2, 0) is 4.79 Å². The summed E-state index contributed by atoms with van der Waals surface area (Å²) in [6.45, 7) is 0. The van der Waals surface area contributed by atoms with Gasteiger partial charge in [-0.1, -0.05) is 5.92 Å². The molecule has 0 aliphatic heterocycles. The highest BCUT2D eigenvalue weighted by molar-refractivity contribution is 9.10. The quantitative estimate of drug-likeness (QED) is 0.490. The molecule has 0 amide bonds. The summed E-state index contributed by atoms with van der Waals surface area (Å²) in [5, 5.41) is 0. The number of rotatable bonds is 0. The Balaban J connectivity index is 3.09. The molecule has 0 bridgehead atoms. The molecule has 60 valence electrons. The number of hydrogen-bond acceptors (Lipinski definition) is 1. The fourth-order valence-electron chi connectivity index (χ4n) is 0.698. The summed E-state index contributed by atoms with van der Waals surface area (Å²) in [5.41, 5.74) is 0.600. The van der Waals surface area contributed by atoms with Gasteiger partial charge in [-0.2, -0.15) is 0 Å². The fraction of sp³-hybridized carbons (Fsp3) is 0. The van der Waals surface area contributed by atoms with Crippen molar-refractivity contribution in [1.82, 2.24) is 0 Å². The van der Waals surface area contributed by atoms with Crippen molar-refractivity contribution in [3.8, 4) is 11.8 Å². The highest BCUT2D eigenvalue weighted by Gasteiger charge is 1.96. The van der Waals surface area contributed by atoms with Crippen LogP contribution in [0.3, 0.4) is 0 Å². The third kappa shape index (κ3) is 2.18. The molecule has 12 heavy (non-hydrogen) atoms. The average Bonchev–Trinajstić information content (AvgIpc) is 2.03. The molecule has 0 aromatic heterocycles. The smallest absolute Gasteiger partial charge is 0.193 e. The van der Waals surface area contributed by atoms with Crippen LogP contribution >= 0.6 is 15.9 Å². The van der Waals surface area contributed by atoms with Gasteiger partial charge in [0.2, 0.25) is 0 Å². The van der Waals surface area contributed by atoms with E-state index >= 15 is 0 Å². The third-order valence-corrected chi connectivity index (χ3v) is 1.85. The maximum atomic E-state index is 12.5. The minimum Gasteiger partial charge on any atom is -0.289 e. The van der Waals surface area contributed by atoms with Crippen LogP contribution in [0.4, 0.5) is 4.39 Å². The number of carbonyl (C=O) groups excluding carboxylic acids is 1. The van der Waals surface area contributed by atoms with Crippen molar-refractivity contribution in [3.05, 3.63) is 34.1 Å². The number of benzene rings is 1. The summed E-state index contributed by atoms with van der Waals surface area (Å²) < 4.78 is 13.1. The van der Waals surface area contributed by atoms with E-state index in [1.807, 2.05) is 0 Å². The van der Waals surface area contributed by atoms with Gasteiger partial charge in [-0.3, -0.25) is 4.79 Å². The molecule has 0 spiro atoms. The molecule has 0 fully saturated rings. The lowest BCUT2D eigenvalue weighted by Crippen LogP contribution is -1.79. The minimum absolute atomic E-state index is 0.335. The predicted octanol–water partition coefficient (Wildman–Crippen LogP) is 2.14. The van der Waals surface area contributed by atoms with Crippen molar-refractivity contribution < 1.29 is 9.18 Å². The molecule has 1 aromatic rings. The fourth-order valence-corrected chi connectivity index (χ4v) is 1.15. The summed E-state index contributed by atoms with van der Waals surface area (Å²) in [6, 6.07) is 4.10. The maximum Gasteiger partial charge on any atom is 0.193 e. The van der Waals surface area contributed by atoms with Gasteiger partial charge in [-0.25, -0.2) is 4.39 Å². The Morgan fingerprint density at radius 2 is 2.25 bits per heavy atom. The van der Waals surface area contributed by atoms with E-state index in [2.05, 4.69) is 27.8 Å². The number of halogens is 2. The van der Waals surface area contributed by atoms with Gasteiger partial charge < -0.3 is 0 Å². The Kier molecular flexibility index (Phi) is 3.01. The van der Waals surface area contributed by atoms with E-state index in [9.17, 15) is 9.18 Å². The molecule has 0 N–H and O–H groups in total. The van der Waals surface area contributed by atoms with Crippen LogP contribution in [0.2, 0.25) is 0 Å². The van der Waals surface area contributed by atoms with Crippen LogP contribution < -0.4 is 0 Å². The third-order valence-electron chi connectivity index (χ3n) is 1.20. The highest BCUT2D eigenvalue weighted by atomic mass is 79.9. The molecule has 1 nitrogen and oxygen atoms in total. The van der Waals surface area contributed by atoms with Crippen LogP contribution in [0.15, 0.2) is 22.7 Å². The summed E-state index contributed by atoms with van der Waals surface area (Å²) in [7, 11) is 0. The zero-order chi connectivity index (χ0) is 8.97. The first kappa shape index (κ1) is 8.95. The van der Waals surface area contributed by atoms with Crippen molar-refractivity contribution in [3.63, 3.8) is 0 Å². The predicted molar refractivity (Wildman–Crippen MR) is 47.0 cm³/mol. The summed E-state index contributed by atoms with van der Waals surface area (Å²) in [6.07, 6.45) is 0.496. The summed E-state index contributed by atoms with van der Waals surface area (Å²) in [5.74, 6) is 4.47. The lowest BCUT2D eigenvalue weighted by molar-refractivity contribution is -0.103. The largest absolute Gasteiger partial charge is 0.289 e. The molecule has 1 rings (SSSR count). The molecule has 3 heteroatoms. The molecular weight excluding hydrogens is 223 g/mol. The Labute approximate surface area is 77.7 Å². The van der Waals surface area contributed by atoms with Crippen LogP contribution in [0.25, 0.3) is 0 Å². The second-order valence-corrected chi connectivity index (χ2v) is 2.87. The molecule has 1 aromatic carbocycles. The van der Waals surface area contributed by atoms with Crippen LogP contribution in [-0.4, -0.2) is 6.29 Å². The molecule has 0 aliphatic carbocycles. The van der Waals surface area contributed by atoms with E-state index in [-0.39, 0.29) is 5.82 Å². The highest BCUT2D eigenvalue weighted by Crippen LogP contribution is 2.16. The van der Waals surface area contributed by atoms with Crippen molar-refractivity contribution in [2.24, 2.45) is 0 Å². The second-order valence-electron chi connectivity index (χ2n) is 2.01. The first-order valence-corrected chi connectivity index (χ1v) is 3.93. The Hall–Kier alpha value is -1.14. The van der Waals surface area contributed by atoms with Gasteiger partial charge in [0.1, 0.15) is 5.82 Å². The van der Waals surface area contributed by atoms with Gasteiger partial charge in [0.05, 0.1) is 0 Å². The van der Waals surface area contributed by atoms with E-state index in [4.69, 9.17) is 0 Å². The van der Waals surface area contributed by atoms with Crippen LogP contribution in [0.1, 0.15) is 5.56 Å². The molecule has 0 unspecified atom stereocenters. The van der Waals surface area contributed by atoms with Gasteiger partial charge in [0, 0.05) is 10.0 Å². The molecule has 0 saturated carbocycles. The lowest BCUT2D eigenvalue weighted by Gasteiger charge is -1.94. The zero-order valence-corrected chi connectivity index (χ0v) is 7.56. The lowest BCUT2D eigenvalue weighted by atomic mass is 10.2. The van der Waals surface area contributed by atoms with E-state index in [0.29, 0.717) is 16.3 Å². The molecule has 0 atom stereocenters. The standard InChI is InChI=1S/C9H4BrFO/c10-9-6-8(11)4-3-7(9)2-1-5-12/h3-6H. The summed E-state index contributed by atoms with van der Waals surface area (Å²) in [4.78, 5) is 9.89. The zero-order valence-electron chi connectivity index (χ0n) is 5.97. The van der Waals surface area contributed by atoms with E-state index in [0.717, 1.165) is 0 Å². The molecule has 0 saturated heterocycles. The molecule has 0 aliphatic rings. The van der Waals surface area contributed by atoms with Gasteiger partial charge >= 0.3 is 0 Å². The van der Waals surface area contributed by atoms with Crippen molar-refractivity contribution >= 4 is 22.2 Å². The first-order chi connectivity index (χ1) is 5.74. The number of carbonyl (C=O) groups is 1. The summed E-state index contributed by atoms with van der Waals surface area (Å²) >= 11 is 3.12. The average molecular weight is 227 g/mol. The Morgan fingerprint density at radius 1 is 1.50 bits per heavy atom. The topological polar surface area (TPSA) is 17.1 Å². The van der Waals surface area contributed by atoms with Crippen molar-refractivity contribution in [2.75, 3.05) is 0 Å². The van der Waals surface area contributed by atoms with Crippen molar-refractivity contribution in [2.45, 2.75) is 0 Å². The molecule has 0 heterocycles. The Bertz CT molecular complexity index is 363. The van der Waals surface area contributed by atoms with Gasteiger partial charge in [-0.15, -0.1) is 0 Å². The van der Waals surface area contributed by atoms with Crippen LogP contribution in [0, 0.1) is 17.7 Å². The van der Waals surface area contributed by atoms with Gasteiger partial charge in [-0.05, 0) is 40.0 Å². The minimum atomic E-state index is -0.335. The maximum absolute atomic E-state index is 12.5. The monoisotopic (exact) mass is 226 g/mol. The van der Waals surface area contributed by atoms with Crippen molar-refractivity contribution in [1.29, 1.82) is 0 Å². The van der Waals surface area contributed by atoms with E-state index in [1.165, 1.54) is 18.2 Å². The second kappa shape index (κ2) is 4.03. The normalized spacial score (nSPS) is 8.50. The van der Waals surface area contributed by atoms with Gasteiger partial charge in [0.25, 0.3) is 0 Å². The molecular formula is C9H4BrFO. The van der Waals surface area contributed by atoms with E-state index in [1.54, 1.807) is 0 Å².